The van der Waals surface area contributed by atoms with Gasteiger partial charge in [-0.2, -0.15) is 0 Å². The number of rotatable bonds is 4. The predicted molar refractivity (Wildman–Crippen MR) is 211 cm³/mol. The van der Waals surface area contributed by atoms with E-state index < -0.39 is 0 Å². The minimum Gasteiger partial charge on any atom is -0.306 e. The first-order valence-electron chi connectivity index (χ1n) is 17.3. The van der Waals surface area contributed by atoms with Gasteiger partial charge in [-0.05, 0) is 67.7 Å². The second-order valence-corrected chi connectivity index (χ2v) is 13.3. The third-order valence-corrected chi connectivity index (χ3v) is 10.4. The highest BCUT2D eigenvalue weighted by molar-refractivity contribution is 6.25. The summed E-state index contributed by atoms with van der Waals surface area (Å²) in [6.07, 6.45) is 4.08. The molecular weight excluding hydrogens is 621 g/mol. The summed E-state index contributed by atoms with van der Waals surface area (Å²) in [7, 11) is 0. The Kier molecular flexibility index (Phi) is 5.92. The maximum Gasteiger partial charge on any atom is 0.137 e. The summed E-state index contributed by atoms with van der Waals surface area (Å²) < 4.78 is 2.04. The third kappa shape index (κ3) is 4.43. The fraction of sp³-hybridized carbons (Fsp3) is 0. The van der Waals surface area contributed by atoms with Gasteiger partial charge in [0.25, 0.3) is 0 Å². The van der Waals surface area contributed by atoms with Gasteiger partial charge in [0.05, 0.1) is 28.1 Å². The standard InChI is InChI=1S/C47H28N4/c1-2-27-51-28-42(48-43(51)6-1)32-13-11-31(12-14-32)41-26-22-37-18-17-36-21-25-40(49-46(36)47(37)50-41)30-9-7-29(8-10-30)38-23-19-35-16-15-33-4-3-5-34-20-24-39(38)45(35)44(33)34/h1-28H. The second-order valence-electron chi connectivity index (χ2n) is 13.3. The number of nitrogens with zero attached hydrogens (tertiary/aromatic N) is 4. The lowest BCUT2D eigenvalue weighted by Gasteiger charge is -2.14. The van der Waals surface area contributed by atoms with Crippen molar-refractivity contribution in [3.8, 4) is 44.9 Å². The highest BCUT2D eigenvalue weighted by Gasteiger charge is 2.14. The largest absolute Gasteiger partial charge is 0.306 e. The first kappa shape index (κ1) is 28.0. The zero-order valence-corrected chi connectivity index (χ0v) is 27.5. The molecule has 0 N–H and O–H groups in total. The molecule has 0 aliphatic rings. The Morgan fingerprint density at radius 2 is 0.882 bits per heavy atom. The van der Waals surface area contributed by atoms with Crippen LogP contribution in [0.4, 0.5) is 0 Å². The molecule has 4 nitrogen and oxygen atoms in total. The number of hydrogen-bond acceptors (Lipinski definition) is 3. The van der Waals surface area contributed by atoms with Gasteiger partial charge in [-0.25, -0.2) is 15.0 Å². The van der Waals surface area contributed by atoms with Crippen molar-refractivity contribution in [1.29, 1.82) is 0 Å². The van der Waals surface area contributed by atoms with Crippen LogP contribution in [-0.2, 0) is 0 Å². The lowest BCUT2D eigenvalue weighted by molar-refractivity contribution is 1.19. The number of hydrogen-bond donors (Lipinski definition) is 0. The van der Waals surface area contributed by atoms with Gasteiger partial charge in [0, 0.05) is 39.9 Å². The molecule has 0 atom stereocenters. The molecule has 0 saturated carbocycles. The van der Waals surface area contributed by atoms with Gasteiger partial charge in [0.1, 0.15) is 5.65 Å². The molecular formula is C47H28N4. The molecule has 11 aromatic rings. The lowest BCUT2D eigenvalue weighted by atomic mass is 9.89. The Morgan fingerprint density at radius 1 is 0.353 bits per heavy atom. The predicted octanol–water partition coefficient (Wildman–Crippen LogP) is 12.0. The summed E-state index contributed by atoms with van der Waals surface area (Å²) in [5.74, 6) is 0. The van der Waals surface area contributed by atoms with Gasteiger partial charge in [-0.3, -0.25) is 0 Å². The average Bonchev–Trinajstić information content (AvgIpc) is 3.64. The number of fused-ring (bicyclic) bond motifs is 4. The van der Waals surface area contributed by atoms with E-state index >= 15 is 0 Å². The fourth-order valence-corrected chi connectivity index (χ4v) is 7.78. The molecule has 0 bridgehead atoms. The van der Waals surface area contributed by atoms with Crippen LogP contribution >= 0.6 is 0 Å². The van der Waals surface area contributed by atoms with Crippen molar-refractivity contribution in [2.24, 2.45) is 0 Å². The smallest absolute Gasteiger partial charge is 0.137 e. The van der Waals surface area contributed by atoms with Crippen LogP contribution in [0.1, 0.15) is 0 Å². The lowest BCUT2D eigenvalue weighted by Crippen LogP contribution is -1.91. The molecule has 51 heavy (non-hydrogen) atoms. The van der Waals surface area contributed by atoms with Crippen LogP contribution in [0.3, 0.4) is 0 Å². The SMILES string of the molecule is c1cc2ccc3ccc(-c4ccc(-c5ccc6ccc7ccc(-c8ccc(-c9cn%10ccccc%10n9)cc8)nc7c6n5)cc4)c4ccc(c1)c2c34. The molecule has 4 heteroatoms. The molecule has 4 aromatic heterocycles. The molecule has 0 aliphatic heterocycles. The van der Waals surface area contributed by atoms with E-state index in [-0.39, 0.29) is 0 Å². The molecule has 0 spiro atoms. The van der Waals surface area contributed by atoms with Crippen molar-refractivity contribution in [2.45, 2.75) is 0 Å². The van der Waals surface area contributed by atoms with Crippen molar-refractivity contribution in [2.75, 3.05) is 0 Å². The van der Waals surface area contributed by atoms with E-state index in [9.17, 15) is 0 Å². The average molecular weight is 649 g/mol. The van der Waals surface area contributed by atoms with Crippen LogP contribution in [0, 0.1) is 0 Å². The van der Waals surface area contributed by atoms with E-state index in [0.717, 1.165) is 61.2 Å². The molecule has 0 unspecified atom stereocenters. The molecule has 0 amide bonds. The first-order valence-corrected chi connectivity index (χ1v) is 17.3. The van der Waals surface area contributed by atoms with Crippen molar-refractivity contribution < 1.29 is 0 Å². The van der Waals surface area contributed by atoms with Crippen molar-refractivity contribution in [1.82, 2.24) is 19.4 Å². The minimum atomic E-state index is 0.904. The first-order chi connectivity index (χ1) is 25.2. The number of pyridine rings is 3. The third-order valence-electron chi connectivity index (χ3n) is 10.4. The summed E-state index contributed by atoms with van der Waals surface area (Å²) in [6, 6.07) is 56.2. The van der Waals surface area contributed by atoms with Crippen LogP contribution < -0.4 is 0 Å². The van der Waals surface area contributed by atoms with Crippen molar-refractivity contribution in [3.63, 3.8) is 0 Å². The van der Waals surface area contributed by atoms with E-state index in [1.54, 1.807) is 0 Å². The van der Waals surface area contributed by atoms with Crippen LogP contribution in [0.5, 0.6) is 0 Å². The summed E-state index contributed by atoms with van der Waals surface area (Å²) in [6.45, 7) is 0. The number of aromatic nitrogens is 4. The van der Waals surface area contributed by atoms with E-state index in [1.807, 2.05) is 28.8 Å². The van der Waals surface area contributed by atoms with E-state index in [2.05, 4.69) is 146 Å². The Hall–Kier alpha value is -6.91. The number of benzene rings is 7. The molecule has 0 aliphatic carbocycles. The summed E-state index contributed by atoms with van der Waals surface area (Å²) in [5.41, 5.74) is 11.2. The van der Waals surface area contributed by atoms with Crippen molar-refractivity contribution >= 4 is 59.8 Å². The summed E-state index contributed by atoms with van der Waals surface area (Å²) in [5, 5.41) is 9.95. The van der Waals surface area contributed by atoms with E-state index in [0.29, 0.717) is 0 Å². The molecule has 0 saturated heterocycles. The highest BCUT2D eigenvalue weighted by Crippen LogP contribution is 2.40. The Labute approximate surface area is 293 Å². The van der Waals surface area contributed by atoms with Gasteiger partial charge in [-0.1, -0.05) is 133 Å². The van der Waals surface area contributed by atoms with Gasteiger partial charge in [0.2, 0.25) is 0 Å². The fourth-order valence-electron chi connectivity index (χ4n) is 7.78. The Morgan fingerprint density at radius 3 is 1.53 bits per heavy atom. The van der Waals surface area contributed by atoms with Crippen LogP contribution in [0.15, 0.2) is 170 Å². The normalized spacial score (nSPS) is 11.9. The minimum absolute atomic E-state index is 0.904. The summed E-state index contributed by atoms with van der Waals surface area (Å²) in [4.78, 5) is 15.2. The maximum absolute atomic E-state index is 5.22. The highest BCUT2D eigenvalue weighted by atomic mass is 15.0. The second kappa shape index (κ2) is 10.8. The van der Waals surface area contributed by atoms with E-state index in [4.69, 9.17) is 15.0 Å². The Bertz CT molecular complexity index is 3070. The zero-order chi connectivity index (χ0) is 33.5. The van der Waals surface area contributed by atoms with Crippen molar-refractivity contribution in [3.05, 3.63) is 170 Å². The van der Waals surface area contributed by atoms with Crippen LogP contribution in [-0.4, -0.2) is 19.4 Å². The van der Waals surface area contributed by atoms with Crippen LogP contribution in [0.25, 0.3) is 105 Å². The van der Waals surface area contributed by atoms with Gasteiger partial charge in [-0.15, -0.1) is 0 Å². The molecule has 11 rings (SSSR count). The molecule has 4 heterocycles. The van der Waals surface area contributed by atoms with Gasteiger partial charge < -0.3 is 4.40 Å². The molecule has 7 aromatic carbocycles. The Balaban J connectivity index is 0.954. The quantitative estimate of drug-likeness (QED) is 0.178. The van der Waals surface area contributed by atoms with Crippen LogP contribution in [0.2, 0.25) is 0 Å². The molecule has 0 radical (unpaired) electrons. The van der Waals surface area contributed by atoms with E-state index in [1.165, 1.54) is 43.4 Å². The van der Waals surface area contributed by atoms with Gasteiger partial charge >= 0.3 is 0 Å². The maximum atomic E-state index is 5.22. The zero-order valence-electron chi connectivity index (χ0n) is 27.5. The monoisotopic (exact) mass is 648 g/mol. The van der Waals surface area contributed by atoms with Gasteiger partial charge in [0.15, 0.2) is 0 Å². The molecule has 0 fully saturated rings. The number of imidazole rings is 1. The molecule has 236 valence electrons. The summed E-state index contributed by atoms with van der Waals surface area (Å²) >= 11 is 0. The topological polar surface area (TPSA) is 43.1 Å².